The molecule has 1 aromatic rings. The van der Waals surface area contributed by atoms with Gasteiger partial charge in [0, 0.05) is 7.77 Å². The maximum atomic E-state index is 12.6. The Morgan fingerprint density at radius 3 is 1.96 bits per heavy atom. The molecule has 0 aromatic heterocycles. The van der Waals surface area contributed by atoms with Gasteiger partial charge in [0.05, 0.1) is 6.10 Å². The summed E-state index contributed by atoms with van der Waals surface area (Å²) < 4.78 is 7.94. The third-order valence-electron chi connectivity index (χ3n) is 3.10. The lowest BCUT2D eigenvalue weighted by Crippen LogP contribution is -2.53. The Morgan fingerprint density at radius 2 is 1.52 bits per heavy atom. The van der Waals surface area contributed by atoms with Crippen LogP contribution < -0.4 is 0 Å². The summed E-state index contributed by atoms with van der Waals surface area (Å²) in [4.78, 5) is 57.1. The normalized spacial score (nSPS) is 16.6. The molecule has 14 nitrogen and oxygen atoms in total. The van der Waals surface area contributed by atoms with Crippen molar-refractivity contribution in [2.24, 2.45) is 0 Å². The molecule has 1 rings (SSSR count). The van der Waals surface area contributed by atoms with E-state index in [1.165, 1.54) is 24.3 Å². The molecule has 0 saturated carbocycles. The highest BCUT2D eigenvalue weighted by Gasteiger charge is 2.44. The second-order valence-electron chi connectivity index (χ2n) is 5.03. The molecule has 0 saturated heterocycles. The monoisotopic (exact) mass is 390 g/mol. The van der Waals surface area contributed by atoms with Crippen LogP contribution in [-0.4, -0.2) is 50.6 Å². The largest absolute Gasteiger partial charge is 0.391 e. The van der Waals surface area contributed by atoms with Crippen molar-refractivity contribution in [2.45, 2.75) is 37.7 Å². The average molecular weight is 390 g/mol. The predicted octanol–water partition coefficient (Wildman–Crippen LogP) is -0.0903. The van der Waals surface area contributed by atoms with Gasteiger partial charge in [0.2, 0.25) is 0 Å². The van der Waals surface area contributed by atoms with Crippen LogP contribution in [0.25, 0.3) is 0 Å². The minimum atomic E-state index is -2.48. The van der Waals surface area contributed by atoms with Crippen LogP contribution in [0.15, 0.2) is 30.3 Å². The maximum absolute atomic E-state index is 12.6. The van der Waals surface area contributed by atoms with Crippen LogP contribution in [0.2, 0.25) is 0 Å². The van der Waals surface area contributed by atoms with Gasteiger partial charge >= 0.3 is 0 Å². The zero-order valence-electron chi connectivity index (χ0n) is 14.6. The smallest absolute Gasteiger partial charge is 0.295 e. The van der Waals surface area contributed by atoms with Gasteiger partial charge in [-0.2, -0.15) is 0 Å². The van der Waals surface area contributed by atoms with Gasteiger partial charge in [-0.25, -0.2) is 0 Å². The van der Waals surface area contributed by atoms with E-state index in [0.29, 0.717) is 0 Å². The summed E-state index contributed by atoms with van der Waals surface area (Å²) in [5.41, 5.74) is 0.0630. The van der Waals surface area contributed by atoms with Crippen LogP contribution in [0.1, 0.15) is 13.9 Å². The molecule has 0 aliphatic heterocycles. The summed E-state index contributed by atoms with van der Waals surface area (Å²) >= 11 is 0. The number of ketones is 1. The van der Waals surface area contributed by atoms with Gasteiger partial charge in [-0.05, 0) is 12.5 Å². The number of aliphatic hydroxyl groups is 1. The maximum Gasteiger partial charge on any atom is 0.295 e. The Kier molecular flexibility index (Phi) is 7.18. The fourth-order valence-corrected chi connectivity index (χ4v) is 2.07. The Hall–Kier alpha value is -3.55. The Balaban J connectivity index is 3.35. The highest BCUT2D eigenvalue weighted by molar-refractivity contribution is 5.85. The van der Waals surface area contributed by atoms with Crippen molar-refractivity contribution in [1.82, 2.24) is 0 Å². The van der Waals surface area contributed by atoms with E-state index in [1.54, 1.807) is 6.07 Å². The van der Waals surface area contributed by atoms with Crippen molar-refractivity contribution < 1.29 is 41.0 Å². The lowest BCUT2D eigenvalue weighted by Gasteiger charge is -2.29. The summed E-state index contributed by atoms with van der Waals surface area (Å²) in [5, 5.41) is 37.4. The van der Waals surface area contributed by atoms with Gasteiger partial charge in [-0.3, -0.25) is 4.79 Å². The number of aliphatic hydroxyl groups excluding tert-OH is 1. The van der Waals surface area contributed by atoms with E-state index in [-0.39, 0.29) is 5.56 Å². The first-order chi connectivity index (χ1) is 13.0. The van der Waals surface area contributed by atoms with E-state index >= 15 is 0 Å². The van der Waals surface area contributed by atoms with Gasteiger partial charge in [-0.1, -0.05) is 30.3 Å². The van der Waals surface area contributed by atoms with E-state index in [2.05, 4.69) is 14.5 Å². The third kappa shape index (κ3) is 7.07. The fraction of sp³-hybridized carbons (Fsp3) is 0.462. The molecule has 0 heterocycles. The number of hydrogen-bond acceptors (Lipinski definition) is 11. The molecule has 1 N–H and O–H groups in total. The molecule has 0 radical (unpaired) electrons. The minimum absolute atomic E-state index is 0.0630. The SMILES string of the molecule is [2H]C(C(=O)[C@H](O[N+](=O)[O-])[C@H](O[N+](=O)[O-])[C@@H](O[N+](=O)[O-])[C@@H](C)O)c1ccccc1. The van der Waals surface area contributed by atoms with Crippen molar-refractivity contribution in [3.63, 3.8) is 0 Å². The number of carbonyl (C=O) groups is 1. The lowest BCUT2D eigenvalue weighted by molar-refractivity contribution is -0.815. The molecule has 0 fully saturated rings. The molecule has 0 aliphatic carbocycles. The van der Waals surface area contributed by atoms with Crippen LogP contribution in [0.3, 0.4) is 0 Å². The van der Waals surface area contributed by atoms with Gasteiger partial charge in [-0.15, -0.1) is 30.3 Å². The molecular formula is C13H15N3O11. The second kappa shape index (κ2) is 9.81. The Bertz CT molecular complexity index is 717. The first-order valence-electron chi connectivity index (χ1n) is 7.74. The molecule has 1 aromatic carbocycles. The Morgan fingerprint density at radius 1 is 1.04 bits per heavy atom. The van der Waals surface area contributed by atoms with Crippen LogP contribution in [-0.2, 0) is 25.7 Å². The van der Waals surface area contributed by atoms with Crippen molar-refractivity contribution >= 4 is 5.78 Å². The van der Waals surface area contributed by atoms with Gasteiger partial charge in [0.15, 0.2) is 24.1 Å². The minimum Gasteiger partial charge on any atom is -0.391 e. The number of rotatable bonds is 12. The molecule has 0 aliphatic rings. The van der Waals surface area contributed by atoms with Crippen molar-refractivity contribution in [3.8, 4) is 0 Å². The molecule has 148 valence electrons. The van der Waals surface area contributed by atoms with E-state index in [9.17, 15) is 40.2 Å². The quantitative estimate of drug-likeness (QED) is 0.370. The summed E-state index contributed by atoms with van der Waals surface area (Å²) in [6.45, 7) is 0.910. The number of carbonyl (C=O) groups excluding carboxylic acids is 1. The standard InChI is InChI=1S/C13H15N3O11/c1-8(17)11(25-14(19)20)13(27-16(23)24)12(26-15(21)22)10(18)7-9-5-3-2-4-6-9/h2-6,8,11-13,17H,7H2,1H3/t8-,11+,12+,13-/m1/s1/i7D/t7?,8-,11+,12+,13-. The number of benzene rings is 1. The number of Topliss-reactive ketones (excluding diaryl/α,β-unsaturated/α-hetero) is 1. The third-order valence-corrected chi connectivity index (χ3v) is 3.10. The predicted molar refractivity (Wildman–Crippen MR) is 82.4 cm³/mol. The van der Waals surface area contributed by atoms with Crippen molar-refractivity contribution in [3.05, 3.63) is 66.2 Å². The van der Waals surface area contributed by atoms with Gasteiger partial charge < -0.3 is 19.6 Å². The number of nitrogens with zero attached hydrogens (tertiary/aromatic N) is 3. The summed E-state index contributed by atoms with van der Waals surface area (Å²) in [6, 6.07) is 7.17. The van der Waals surface area contributed by atoms with Crippen molar-refractivity contribution in [1.29, 1.82) is 0 Å². The number of hydrogen-bond donors (Lipinski definition) is 1. The first kappa shape index (κ1) is 19.8. The first-order valence-corrected chi connectivity index (χ1v) is 7.17. The summed E-state index contributed by atoms with van der Waals surface area (Å²) in [5.74, 6) is -1.38. The van der Waals surface area contributed by atoms with Gasteiger partial charge in [0.25, 0.3) is 15.3 Å². The molecular weight excluding hydrogens is 374 g/mol. The van der Waals surface area contributed by atoms with Crippen LogP contribution in [0, 0.1) is 30.3 Å². The zero-order chi connectivity index (χ0) is 21.4. The molecule has 14 heteroatoms. The van der Waals surface area contributed by atoms with Crippen LogP contribution in [0.5, 0.6) is 0 Å². The van der Waals surface area contributed by atoms with E-state index < -0.39 is 51.9 Å². The van der Waals surface area contributed by atoms with Crippen molar-refractivity contribution in [2.75, 3.05) is 0 Å². The molecule has 27 heavy (non-hydrogen) atoms. The summed E-state index contributed by atoms with van der Waals surface area (Å²) in [7, 11) is 0. The summed E-state index contributed by atoms with van der Waals surface area (Å²) in [6.07, 6.45) is -10.8. The van der Waals surface area contributed by atoms with Gasteiger partial charge in [0.1, 0.15) is 0 Å². The van der Waals surface area contributed by atoms with E-state index in [1.807, 2.05) is 0 Å². The molecule has 0 bridgehead atoms. The van der Waals surface area contributed by atoms with E-state index in [4.69, 9.17) is 1.37 Å². The second-order valence-corrected chi connectivity index (χ2v) is 5.03. The molecule has 0 spiro atoms. The zero-order valence-corrected chi connectivity index (χ0v) is 13.6. The highest BCUT2D eigenvalue weighted by atomic mass is 17.0. The molecule has 0 amide bonds. The highest BCUT2D eigenvalue weighted by Crippen LogP contribution is 2.19. The van der Waals surface area contributed by atoms with Crippen LogP contribution in [0.4, 0.5) is 0 Å². The van der Waals surface area contributed by atoms with E-state index in [0.717, 1.165) is 6.92 Å². The average Bonchev–Trinajstić information content (AvgIpc) is 2.61. The Labute approximate surface area is 152 Å². The molecule has 5 atom stereocenters. The lowest BCUT2D eigenvalue weighted by atomic mass is 9.97. The van der Waals surface area contributed by atoms with Crippen LogP contribution >= 0.6 is 0 Å². The fourth-order valence-electron chi connectivity index (χ4n) is 2.07. The molecule has 1 unspecified atom stereocenters. The topological polar surface area (TPSA) is 194 Å².